The summed E-state index contributed by atoms with van der Waals surface area (Å²) in [6.45, 7) is 2.43. The number of hydrogen-bond acceptors (Lipinski definition) is 4. The lowest BCUT2D eigenvalue weighted by atomic mass is 9.82. The highest BCUT2D eigenvalue weighted by Crippen LogP contribution is 2.67. The molecule has 0 radical (unpaired) electrons. The van der Waals surface area contributed by atoms with Crippen LogP contribution in [0.25, 0.3) is 0 Å². The van der Waals surface area contributed by atoms with Crippen molar-refractivity contribution in [2.75, 3.05) is 13.6 Å². The highest BCUT2D eigenvalue weighted by Gasteiger charge is 2.70. The molecule has 1 saturated heterocycles. The van der Waals surface area contributed by atoms with E-state index >= 15 is 0 Å². The Kier molecular flexibility index (Phi) is 6.86. The number of hydrogen-bond donors (Lipinski definition) is 0. The fourth-order valence-electron chi connectivity index (χ4n) is 5.46. The van der Waals surface area contributed by atoms with Crippen molar-refractivity contribution in [3.05, 3.63) is 23.8 Å². The quantitative estimate of drug-likeness (QED) is 0.483. The monoisotopic (exact) mass is 538 g/mol. The number of amides is 1. The zero-order valence-corrected chi connectivity index (χ0v) is 21.3. The van der Waals surface area contributed by atoms with Gasteiger partial charge in [-0.2, -0.15) is 17.5 Å². The highest BCUT2D eigenvalue weighted by molar-refractivity contribution is 7.89. The summed E-state index contributed by atoms with van der Waals surface area (Å²) in [6.07, 6.45) is -4.90. The van der Waals surface area contributed by atoms with Crippen LogP contribution in [0, 0.1) is 12.3 Å². The van der Waals surface area contributed by atoms with Crippen molar-refractivity contribution in [1.29, 1.82) is 0 Å². The molecule has 36 heavy (non-hydrogen) atoms. The molecule has 1 aromatic carbocycles. The Morgan fingerprint density at radius 1 is 1.19 bits per heavy atom. The Morgan fingerprint density at radius 3 is 2.36 bits per heavy atom. The number of rotatable bonds is 6. The first-order valence-corrected chi connectivity index (χ1v) is 13.5. The van der Waals surface area contributed by atoms with Gasteiger partial charge in [-0.25, -0.2) is 17.2 Å². The van der Waals surface area contributed by atoms with E-state index in [1.165, 1.54) is 23.1 Å². The van der Waals surface area contributed by atoms with E-state index in [1.807, 2.05) is 0 Å². The fourth-order valence-corrected chi connectivity index (χ4v) is 7.21. The van der Waals surface area contributed by atoms with Gasteiger partial charge in [0, 0.05) is 31.5 Å². The molecule has 3 fully saturated rings. The molecule has 1 spiro atoms. The number of halogens is 5. The number of carbonyl (C=O) groups is 1. The second-order valence-corrected chi connectivity index (χ2v) is 12.2. The van der Waals surface area contributed by atoms with E-state index < -0.39 is 56.2 Å². The predicted molar refractivity (Wildman–Crippen MR) is 121 cm³/mol. The van der Waals surface area contributed by atoms with Gasteiger partial charge < -0.3 is 9.64 Å². The van der Waals surface area contributed by atoms with Gasteiger partial charge in [-0.15, -0.1) is 0 Å². The summed E-state index contributed by atoms with van der Waals surface area (Å²) < 4.78 is 100. The molecule has 3 aliphatic rings. The molecule has 0 aromatic heterocycles. The first kappa shape index (κ1) is 27.1. The molecule has 4 rings (SSSR count). The summed E-state index contributed by atoms with van der Waals surface area (Å²) in [7, 11) is -2.81. The SMILES string of the molecule is Cc1ccc(S(=O)(=O)N2CCC[C@H]2C(=O)N(C)C2CCC3(CC2)CC3(F)F)c(OC(C)C(F)(F)F)c1. The second-order valence-electron chi connectivity index (χ2n) is 10.4. The van der Waals surface area contributed by atoms with Crippen LogP contribution in [-0.2, 0) is 14.8 Å². The van der Waals surface area contributed by atoms with Crippen LogP contribution in [0.2, 0.25) is 0 Å². The second kappa shape index (κ2) is 9.11. The van der Waals surface area contributed by atoms with Crippen LogP contribution in [-0.4, -0.2) is 67.4 Å². The van der Waals surface area contributed by atoms with Crippen LogP contribution >= 0.6 is 0 Å². The van der Waals surface area contributed by atoms with Crippen molar-refractivity contribution >= 4 is 15.9 Å². The predicted octanol–water partition coefficient (Wildman–Crippen LogP) is 4.90. The first-order valence-electron chi connectivity index (χ1n) is 12.1. The van der Waals surface area contributed by atoms with E-state index in [0.717, 1.165) is 11.2 Å². The van der Waals surface area contributed by atoms with Gasteiger partial charge in [0.05, 0.1) is 0 Å². The molecule has 0 N–H and O–H groups in total. The van der Waals surface area contributed by atoms with Crippen LogP contribution in [0.15, 0.2) is 23.1 Å². The zero-order valence-electron chi connectivity index (χ0n) is 20.4. The van der Waals surface area contributed by atoms with Crippen LogP contribution in [0.4, 0.5) is 22.0 Å². The number of nitrogens with zero attached hydrogens (tertiary/aromatic N) is 2. The molecule has 2 saturated carbocycles. The normalized spacial score (nSPS) is 29.2. The summed E-state index contributed by atoms with van der Waals surface area (Å²) in [6, 6.07) is 2.61. The highest BCUT2D eigenvalue weighted by atomic mass is 32.2. The van der Waals surface area contributed by atoms with E-state index in [9.17, 15) is 35.2 Å². The van der Waals surface area contributed by atoms with E-state index in [0.29, 0.717) is 37.7 Å². The number of aryl methyl sites for hydroxylation is 1. The molecule has 1 aliphatic heterocycles. The fraction of sp³-hybridized carbons (Fsp3) is 0.708. The molecular formula is C24H31F5N2O4S. The van der Waals surface area contributed by atoms with E-state index in [4.69, 9.17) is 4.74 Å². The summed E-state index contributed by atoms with van der Waals surface area (Å²) in [5, 5.41) is 0. The summed E-state index contributed by atoms with van der Waals surface area (Å²) >= 11 is 0. The van der Waals surface area contributed by atoms with Gasteiger partial charge >= 0.3 is 6.18 Å². The third kappa shape index (κ3) is 4.82. The molecule has 202 valence electrons. The average Bonchev–Trinajstić information content (AvgIpc) is 3.13. The standard InChI is InChI=1S/C24H31F5N2O4S/c1-15-6-7-20(19(13-15)35-16(2)24(27,28)29)36(33,34)31-12-4-5-18(31)21(32)30(3)17-8-10-22(11-9-17)14-23(22,25)26/h6-7,13,16-18H,4-5,8-12,14H2,1-3H3/t16?,17?,18-,22?/m0/s1. The van der Waals surface area contributed by atoms with Gasteiger partial charge in [-0.1, -0.05) is 6.07 Å². The molecule has 1 heterocycles. The summed E-state index contributed by atoms with van der Waals surface area (Å²) in [4.78, 5) is 14.4. The Labute approximate surface area is 207 Å². The number of likely N-dealkylation sites (N-methyl/N-ethyl adjacent to an activating group) is 1. The summed E-state index contributed by atoms with van der Waals surface area (Å²) in [5.74, 6) is -3.50. The molecule has 0 bridgehead atoms. The topological polar surface area (TPSA) is 66.9 Å². The van der Waals surface area contributed by atoms with Crippen molar-refractivity contribution < 1.29 is 39.9 Å². The van der Waals surface area contributed by atoms with Gasteiger partial charge in [0.2, 0.25) is 15.9 Å². The van der Waals surface area contributed by atoms with Gasteiger partial charge in [0.1, 0.15) is 16.7 Å². The van der Waals surface area contributed by atoms with Crippen molar-refractivity contribution in [2.45, 2.75) is 94.0 Å². The lowest BCUT2D eigenvalue weighted by molar-refractivity contribution is -0.189. The maximum absolute atomic E-state index is 13.7. The molecule has 12 heteroatoms. The maximum Gasteiger partial charge on any atom is 0.425 e. The first-order chi connectivity index (χ1) is 16.6. The molecule has 2 aliphatic carbocycles. The van der Waals surface area contributed by atoms with Crippen molar-refractivity contribution in [3.8, 4) is 5.75 Å². The largest absolute Gasteiger partial charge is 0.480 e. The maximum atomic E-state index is 13.7. The number of carbonyl (C=O) groups excluding carboxylic acids is 1. The van der Waals surface area contributed by atoms with Gasteiger partial charge in [0.15, 0.2) is 6.10 Å². The van der Waals surface area contributed by atoms with Crippen molar-refractivity contribution in [1.82, 2.24) is 9.21 Å². The van der Waals surface area contributed by atoms with Crippen LogP contribution in [0.3, 0.4) is 0 Å². The smallest absolute Gasteiger partial charge is 0.425 e. The lowest BCUT2D eigenvalue weighted by Gasteiger charge is -2.37. The Balaban J connectivity index is 1.53. The van der Waals surface area contributed by atoms with Gasteiger partial charge in [-0.05, 0) is 70.1 Å². The number of sulfonamides is 1. The minimum absolute atomic E-state index is 0.0364. The van der Waals surface area contributed by atoms with E-state index in [-0.39, 0.29) is 25.4 Å². The Hall–Kier alpha value is -1.95. The van der Waals surface area contributed by atoms with Crippen LogP contribution in [0.5, 0.6) is 5.75 Å². The minimum atomic E-state index is -4.69. The molecule has 1 unspecified atom stereocenters. The molecule has 6 nitrogen and oxygen atoms in total. The summed E-state index contributed by atoms with van der Waals surface area (Å²) in [5.41, 5.74) is -0.436. The molecule has 1 aromatic rings. The number of alkyl halides is 5. The third-order valence-electron chi connectivity index (χ3n) is 7.96. The van der Waals surface area contributed by atoms with Crippen molar-refractivity contribution in [2.24, 2.45) is 5.41 Å². The Bertz CT molecular complexity index is 1120. The van der Waals surface area contributed by atoms with Gasteiger partial charge in [-0.3, -0.25) is 4.79 Å². The van der Waals surface area contributed by atoms with E-state index in [2.05, 4.69) is 0 Å². The Morgan fingerprint density at radius 2 is 1.81 bits per heavy atom. The van der Waals surface area contributed by atoms with Crippen molar-refractivity contribution in [3.63, 3.8) is 0 Å². The van der Waals surface area contributed by atoms with E-state index in [1.54, 1.807) is 14.0 Å². The van der Waals surface area contributed by atoms with Gasteiger partial charge in [0.25, 0.3) is 5.92 Å². The average molecular weight is 539 g/mol. The third-order valence-corrected chi connectivity index (χ3v) is 9.91. The molecule has 2 atom stereocenters. The molecular weight excluding hydrogens is 507 g/mol. The van der Waals surface area contributed by atoms with Crippen LogP contribution < -0.4 is 4.74 Å². The van der Waals surface area contributed by atoms with Crippen LogP contribution in [0.1, 0.15) is 57.4 Å². The lowest BCUT2D eigenvalue weighted by Crippen LogP contribution is -2.50. The molecule has 1 amide bonds. The number of benzene rings is 1. The number of ether oxygens (including phenoxy) is 1. The minimum Gasteiger partial charge on any atom is -0.480 e. The zero-order chi connectivity index (χ0) is 26.7.